The molecule has 0 spiro atoms. The Morgan fingerprint density at radius 3 is 2.94 bits per heavy atom. The number of primary amides is 1. The van der Waals surface area contributed by atoms with Gasteiger partial charge in [0.25, 0.3) is 0 Å². The summed E-state index contributed by atoms with van der Waals surface area (Å²) in [5, 5.41) is 5.98. The fourth-order valence-electron chi connectivity index (χ4n) is 4.63. The summed E-state index contributed by atoms with van der Waals surface area (Å²) in [5.41, 5.74) is 5.70. The lowest BCUT2D eigenvalue weighted by Crippen LogP contribution is -2.64. The number of piperidine rings is 1. The van der Waals surface area contributed by atoms with Crippen LogP contribution in [-0.4, -0.2) is 39.1 Å². The van der Waals surface area contributed by atoms with E-state index < -0.39 is 17.6 Å². The van der Waals surface area contributed by atoms with E-state index in [2.05, 4.69) is 10.1 Å². The largest absolute Gasteiger partial charge is 0.468 e. The maximum atomic E-state index is 13.3. The van der Waals surface area contributed by atoms with E-state index in [4.69, 9.17) is 15.0 Å². The third-order valence-corrected chi connectivity index (χ3v) is 6.91. The summed E-state index contributed by atoms with van der Waals surface area (Å²) < 4.78 is 11.6. The maximum Gasteiger partial charge on any atom is 0.238 e. The second-order valence-corrected chi connectivity index (χ2v) is 9.04. The van der Waals surface area contributed by atoms with Crippen LogP contribution in [0.5, 0.6) is 5.75 Å². The minimum atomic E-state index is -0.896. The van der Waals surface area contributed by atoms with Crippen molar-refractivity contribution >= 4 is 23.2 Å². The molecule has 2 aliphatic heterocycles. The number of hydrogen-bond donors (Lipinski definition) is 1. The molecule has 1 aromatic carbocycles. The third kappa shape index (κ3) is 3.38. The standard InChI is InChI=1S/C22H22N4O4S/c1-22-12-14(13-6-2-3-7-15(13)29-22)18(19(23)27)21(28)26(22)10-4-9-17-24-20(25-30-17)16-8-5-11-31-16/h2-3,5-8,11,14,18H,4,9-10,12H2,1H3,(H2,23,27)/t14-,18+,22-/m0/s1. The van der Waals surface area contributed by atoms with E-state index in [9.17, 15) is 9.59 Å². The number of ether oxygens (including phenoxy) is 1. The van der Waals surface area contributed by atoms with Gasteiger partial charge in [0.05, 0.1) is 4.88 Å². The van der Waals surface area contributed by atoms with E-state index in [0.29, 0.717) is 43.3 Å². The number of amides is 2. The Kier molecular flexibility index (Phi) is 4.77. The normalized spacial score (nSPS) is 24.5. The molecule has 9 heteroatoms. The number of aryl methyl sites for hydroxylation is 1. The number of thiophene rings is 1. The molecule has 3 atom stereocenters. The number of nitrogens with two attached hydrogens (primary N) is 1. The summed E-state index contributed by atoms with van der Waals surface area (Å²) >= 11 is 1.54. The Bertz CT molecular complexity index is 1130. The Hall–Kier alpha value is -3.20. The first kappa shape index (κ1) is 19.7. The van der Waals surface area contributed by atoms with Crippen LogP contribution in [0.3, 0.4) is 0 Å². The number of rotatable bonds is 6. The Morgan fingerprint density at radius 1 is 1.32 bits per heavy atom. The van der Waals surface area contributed by atoms with Crippen molar-refractivity contribution < 1.29 is 18.8 Å². The van der Waals surface area contributed by atoms with Crippen molar-refractivity contribution in [2.45, 2.75) is 37.8 Å². The number of aromatic nitrogens is 2. The second kappa shape index (κ2) is 7.49. The monoisotopic (exact) mass is 438 g/mol. The molecule has 0 saturated carbocycles. The second-order valence-electron chi connectivity index (χ2n) is 8.09. The van der Waals surface area contributed by atoms with Crippen molar-refractivity contribution in [3.63, 3.8) is 0 Å². The molecule has 5 rings (SSSR count). The molecule has 2 aliphatic rings. The fourth-order valence-corrected chi connectivity index (χ4v) is 5.28. The average molecular weight is 439 g/mol. The highest BCUT2D eigenvalue weighted by atomic mass is 32.1. The summed E-state index contributed by atoms with van der Waals surface area (Å²) in [7, 11) is 0. The van der Waals surface area contributed by atoms with E-state index in [1.165, 1.54) is 0 Å². The zero-order valence-electron chi connectivity index (χ0n) is 17.0. The fraction of sp³-hybridized carbons (Fsp3) is 0.364. The first-order valence-electron chi connectivity index (χ1n) is 10.2. The number of carbonyl (C=O) groups excluding carboxylic acids is 2. The molecule has 4 heterocycles. The van der Waals surface area contributed by atoms with Gasteiger partial charge in [-0.1, -0.05) is 29.4 Å². The van der Waals surface area contributed by atoms with Gasteiger partial charge in [0.2, 0.25) is 23.5 Å². The number of nitrogens with zero attached hydrogens (tertiary/aromatic N) is 3. The van der Waals surface area contributed by atoms with E-state index in [1.807, 2.05) is 48.7 Å². The van der Waals surface area contributed by atoms with Gasteiger partial charge in [-0.25, -0.2) is 0 Å². The van der Waals surface area contributed by atoms with E-state index in [0.717, 1.165) is 10.4 Å². The summed E-state index contributed by atoms with van der Waals surface area (Å²) in [6.07, 6.45) is 1.63. The molecule has 0 aliphatic carbocycles. The van der Waals surface area contributed by atoms with E-state index in [-0.39, 0.29) is 11.8 Å². The summed E-state index contributed by atoms with van der Waals surface area (Å²) in [6, 6.07) is 11.4. The van der Waals surface area contributed by atoms with Gasteiger partial charge in [-0.05, 0) is 36.4 Å². The number of likely N-dealkylation sites (tertiary alicyclic amines) is 1. The van der Waals surface area contributed by atoms with Gasteiger partial charge in [0.15, 0.2) is 5.72 Å². The third-order valence-electron chi connectivity index (χ3n) is 6.04. The Labute approximate surface area is 183 Å². The average Bonchev–Trinajstić information content (AvgIpc) is 3.42. The lowest BCUT2D eigenvalue weighted by atomic mass is 9.73. The quantitative estimate of drug-likeness (QED) is 0.592. The molecule has 1 fully saturated rings. The Balaban J connectivity index is 1.34. The minimum absolute atomic E-state index is 0.277. The molecular weight excluding hydrogens is 416 g/mol. The van der Waals surface area contributed by atoms with E-state index in [1.54, 1.807) is 16.2 Å². The SMILES string of the molecule is C[C@@]12C[C@@H](c3ccccc3O1)[C@H](C(N)=O)C(=O)N2CCCc1nc(-c2cccs2)no1. The molecule has 2 N–H and O–H groups in total. The van der Waals surface area contributed by atoms with E-state index >= 15 is 0 Å². The van der Waals surface area contributed by atoms with Crippen LogP contribution in [0.2, 0.25) is 0 Å². The number of fused-ring (bicyclic) bond motifs is 4. The molecule has 0 unspecified atom stereocenters. The van der Waals surface area contributed by atoms with Gasteiger partial charge in [0, 0.05) is 25.3 Å². The van der Waals surface area contributed by atoms with Gasteiger partial charge in [0.1, 0.15) is 11.7 Å². The zero-order chi connectivity index (χ0) is 21.6. The van der Waals surface area contributed by atoms with Crippen molar-refractivity contribution in [3.8, 4) is 16.5 Å². The van der Waals surface area contributed by atoms with Crippen molar-refractivity contribution in [1.29, 1.82) is 0 Å². The van der Waals surface area contributed by atoms with Crippen LogP contribution in [-0.2, 0) is 16.0 Å². The van der Waals surface area contributed by atoms with Gasteiger partial charge in [-0.2, -0.15) is 4.98 Å². The highest BCUT2D eigenvalue weighted by Crippen LogP contribution is 2.50. The molecule has 0 radical (unpaired) electrons. The van der Waals surface area contributed by atoms with Gasteiger partial charge in [-0.15, -0.1) is 11.3 Å². The number of carbonyl (C=O) groups is 2. The van der Waals surface area contributed by atoms with Crippen LogP contribution >= 0.6 is 11.3 Å². The number of hydrogen-bond acceptors (Lipinski definition) is 7. The van der Waals surface area contributed by atoms with Crippen molar-refractivity contribution in [2.24, 2.45) is 11.7 Å². The summed E-state index contributed by atoms with van der Waals surface area (Å²) in [4.78, 5) is 32.5. The van der Waals surface area contributed by atoms with Gasteiger partial charge in [-0.3, -0.25) is 9.59 Å². The van der Waals surface area contributed by atoms with Gasteiger partial charge < -0.3 is 19.9 Å². The van der Waals surface area contributed by atoms with Crippen LogP contribution in [0, 0.1) is 5.92 Å². The van der Waals surface area contributed by atoms with Crippen LogP contribution in [0.4, 0.5) is 0 Å². The molecule has 3 aromatic rings. The van der Waals surface area contributed by atoms with Crippen molar-refractivity contribution in [2.75, 3.05) is 6.54 Å². The van der Waals surface area contributed by atoms with Crippen LogP contribution in [0.15, 0.2) is 46.3 Å². The van der Waals surface area contributed by atoms with Crippen LogP contribution in [0.1, 0.15) is 37.1 Å². The lowest BCUT2D eigenvalue weighted by molar-refractivity contribution is -0.175. The molecule has 160 valence electrons. The molecule has 31 heavy (non-hydrogen) atoms. The lowest BCUT2D eigenvalue weighted by Gasteiger charge is -2.52. The molecular formula is C22H22N4O4S. The van der Waals surface area contributed by atoms with Crippen molar-refractivity contribution in [1.82, 2.24) is 15.0 Å². The van der Waals surface area contributed by atoms with Crippen LogP contribution < -0.4 is 10.5 Å². The first-order chi connectivity index (χ1) is 15.0. The van der Waals surface area contributed by atoms with Crippen molar-refractivity contribution in [3.05, 3.63) is 53.2 Å². The predicted molar refractivity (Wildman–Crippen MR) is 113 cm³/mol. The smallest absolute Gasteiger partial charge is 0.238 e. The maximum absolute atomic E-state index is 13.3. The van der Waals surface area contributed by atoms with Crippen LogP contribution in [0.25, 0.3) is 10.7 Å². The molecule has 2 aromatic heterocycles. The number of benzene rings is 1. The molecule has 8 nitrogen and oxygen atoms in total. The number of para-hydroxylation sites is 1. The predicted octanol–water partition coefficient (Wildman–Crippen LogP) is 2.96. The summed E-state index contributed by atoms with van der Waals surface area (Å²) in [5.74, 6) is -0.288. The summed E-state index contributed by atoms with van der Waals surface area (Å²) in [6.45, 7) is 2.29. The highest BCUT2D eigenvalue weighted by molar-refractivity contribution is 7.13. The first-order valence-corrected chi connectivity index (χ1v) is 11.1. The molecule has 2 amide bonds. The molecule has 1 saturated heterocycles. The highest BCUT2D eigenvalue weighted by Gasteiger charge is 2.55. The molecule has 2 bridgehead atoms. The topological polar surface area (TPSA) is 112 Å². The Morgan fingerprint density at radius 2 is 2.16 bits per heavy atom. The van der Waals surface area contributed by atoms with Gasteiger partial charge >= 0.3 is 0 Å². The minimum Gasteiger partial charge on any atom is -0.468 e. The zero-order valence-corrected chi connectivity index (χ0v) is 17.8.